The smallest absolute Gasteiger partial charge is 0.332 e. The average Bonchev–Trinajstić information content (AvgIpc) is 3.06. The summed E-state index contributed by atoms with van der Waals surface area (Å²) >= 11 is 0.954. The summed E-state index contributed by atoms with van der Waals surface area (Å²) in [4.78, 5) is 63.6. The van der Waals surface area contributed by atoms with E-state index >= 15 is 0 Å². The number of rotatable bonds is 6. The van der Waals surface area contributed by atoms with E-state index in [0.29, 0.717) is 16.5 Å². The van der Waals surface area contributed by atoms with Crippen molar-refractivity contribution in [2.45, 2.75) is 24.8 Å². The SMILES string of the molecule is O=C(O)Cn1c(=O)c2ccncc2n(Cc2ccc(CC3SC(=O)NC3=O)cc2)c1=O. The molecule has 0 spiro atoms. The van der Waals surface area contributed by atoms with Gasteiger partial charge in [-0.15, -0.1) is 0 Å². The Labute approximate surface area is 178 Å². The van der Waals surface area contributed by atoms with E-state index < -0.39 is 29.0 Å². The molecule has 0 radical (unpaired) electrons. The zero-order valence-corrected chi connectivity index (χ0v) is 16.8. The zero-order chi connectivity index (χ0) is 22.1. The molecule has 4 rings (SSSR count). The van der Waals surface area contributed by atoms with Crippen LogP contribution in [0.3, 0.4) is 0 Å². The minimum atomic E-state index is -1.30. The summed E-state index contributed by atoms with van der Waals surface area (Å²) in [5.74, 6) is -1.61. The summed E-state index contributed by atoms with van der Waals surface area (Å²) in [6.07, 6.45) is 3.18. The molecule has 3 aromatic rings. The van der Waals surface area contributed by atoms with Crippen LogP contribution in [-0.2, 0) is 29.1 Å². The molecule has 2 aromatic heterocycles. The van der Waals surface area contributed by atoms with Gasteiger partial charge in [-0.2, -0.15) is 0 Å². The number of benzene rings is 1. The van der Waals surface area contributed by atoms with Gasteiger partial charge in [0, 0.05) is 6.20 Å². The predicted molar refractivity (Wildman–Crippen MR) is 112 cm³/mol. The van der Waals surface area contributed by atoms with Gasteiger partial charge in [-0.25, -0.2) is 9.36 Å². The fourth-order valence-electron chi connectivity index (χ4n) is 3.40. The molecule has 31 heavy (non-hydrogen) atoms. The summed E-state index contributed by atoms with van der Waals surface area (Å²) < 4.78 is 1.99. The second-order valence-corrected chi connectivity index (χ2v) is 8.13. The number of carboxylic acid groups (broad SMARTS) is 1. The molecule has 10 nitrogen and oxygen atoms in total. The number of hydrogen-bond donors (Lipinski definition) is 2. The first-order valence-corrected chi connectivity index (χ1v) is 10.1. The fraction of sp³-hybridized carbons (Fsp3) is 0.200. The normalized spacial score (nSPS) is 15.9. The highest BCUT2D eigenvalue weighted by Crippen LogP contribution is 2.23. The van der Waals surface area contributed by atoms with Crippen LogP contribution in [-0.4, -0.2) is 41.6 Å². The molecule has 1 atom stereocenters. The Bertz CT molecular complexity index is 1330. The van der Waals surface area contributed by atoms with E-state index in [9.17, 15) is 24.0 Å². The van der Waals surface area contributed by atoms with Crippen molar-refractivity contribution in [1.29, 1.82) is 0 Å². The summed E-state index contributed by atoms with van der Waals surface area (Å²) in [7, 11) is 0. The van der Waals surface area contributed by atoms with Gasteiger partial charge in [0.25, 0.3) is 10.8 Å². The van der Waals surface area contributed by atoms with Gasteiger partial charge < -0.3 is 5.11 Å². The van der Waals surface area contributed by atoms with Crippen molar-refractivity contribution in [3.63, 3.8) is 0 Å². The van der Waals surface area contributed by atoms with Crippen molar-refractivity contribution in [2.24, 2.45) is 0 Å². The molecule has 11 heteroatoms. The molecule has 0 aliphatic carbocycles. The minimum absolute atomic E-state index is 0.0956. The molecule has 1 unspecified atom stereocenters. The number of carbonyl (C=O) groups is 3. The van der Waals surface area contributed by atoms with Crippen LogP contribution in [0.5, 0.6) is 0 Å². The highest BCUT2D eigenvalue weighted by Gasteiger charge is 2.31. The predicted octanol–water partition coefficient (Wildman–Crippen LogP) is 0.585. The molecule has 0 bridgehead atoms. The Morgan fingerprint density at radius 1 is 1.06 bits per heavy atom. The van der Waals surface area contributed by atoms with Crippen molar-refractivity contribution >= 4 is 39.8 Å². The third kappa shape index (κ3) is 4.12. The molecule has 1 saturated heterocycles. The monoisotopic (exact) mass is 440 g/mol. The highest BCUT2D eigenvalue weighted by atomic mass is 32.2. The Hall–Kier alpha value is -3.73. The summed E-state index contributed by atoms with van der Waals surface area (Å²) in [5, 5.41) is 10.7. The lowest BCUT2D eigenvalue weighted by atomic mass is 10.1. The van der Waals surface area contributed by atoms with Crippen LogP contribution < -0.4 is 16.6 Å². The molecular formula is C20H16N4O6S. The fourth-order valence-corrected chi connectivity index (χ4v) is 4.26. The van der Waals surface area contributed by atoms with E-state index in [1.807, 2.05) is 0 Å². The molecule has 0 saturated carbocycles. The lowest BCUT2D eigenvalue weighted by Gasteiger charge is -2.13. The van der Waals surface area contributed by atoms with Crippen LogP contribution in [0.4, 0.5) is 4.79 Å². The maximum atomic E-state index is 12.9. The van der Waals surface area contributed by atoms with Gasteiger partial charge >= 0.3 is 11.7 Å². The van der Waals surface area contributed by atoms with Gasteiger partial charge in [-0.1, -0.05) is 36.0 Å². The Morgan fingerprint density at radius 3 is 2.42 bits per heavy atom. The van der Waals surface area contributed by atoms with Crippen LogP contribution in [0, 0.1) is 0 Å². The number of aromatic nitrogens is 3. The van der Waals surface area contributed by atoms with Crippen LogP contribution in [0.15, 0.2) is 52.3 Å². The lowest BCUT2D eigenvalue weighted by molar-refractivity contribution is -0.137. The van der Waals surface area contributed by atoms with Crippen molar-refractivity contribution in [3.05, 3.63) is 74.7 Å². The second-order valence-electron chi connectivity index (χ2n) is 6.95. The summed E-state index contributed by atoms with van der Waals surface area (Å²) in [5.41, 5.74) is 0.463. The third-order valence-electron chi connectivity index (χ3n) is 4.87. The first-order valence-electron chi connectivity index (χ1n) is 9.22. The van der Waals surface area contributed by atoms with Gasteiger partial charge in [0.05, 0.1) is 28.9 Å². The molecule has 1 aliphatic heterocycles. The molecular weight excluding hydrogens is 424 g/mol. The molecule has 3 heterocycles. The maximum absolute atomic E-state index is 12.9. The quantitative estimate of drug-likeness (QED) is 0.567. The van der Waals surface area contributed by atoms with Crippen molar-refractivity contribution in [1.82, 2.24) is 19.4 Å². The highest BCUT2D eigenvalue weighted by molar-refractivity contribution is 8.15. The van der Waals surface area contributed by atoms with E-state index in [1.165, 1.54) is 23.0 Å². The Balaban J connectivity index is 1.66. The van der Waals surface area contributed by atoms with E-state index in [4.69, 9.17) is 5.11 Å². The molecule has 158 valence electrons. The number of fused-ring (bicyclic) bond motifs is 1. The summed E-state index contributed by atoms with van der Waals surface area (Å²) in [6, 6.07) is 8.59. The number of imide groups is 1. The van der Waals surface area contributed by atoms with Crippen LogP contribution in [0.25, 0.3) is 10.9 Å². The topological polar surface area (TPSA) is 140 Å². The van der Waals surface area contributed by atoms with Crippen molar-refractivity contribution in [2.75, 3.05) is 0 Å². The number of thioether (sulfide) groups is 1. The van der Waals surface area contributed by atoms with E-state index in [1.54, 1.807) is 24.3 Å². The first-order chi connectivity index (χ1) is 14.8. The molecule has 1 fully saturated rings. The number of nitrogens with zero attached hydrogens (tertiary/aromatic N) is 3. The number of carbonyl (C=O) groups excluding carboxylic acids is 2. The van der Waals surface area contributed by atoms with E-state index in [0.717, 1.165) is 22.9 Å². The summed E-state index contributed by atoms with van der Waals surface area (Å²) in [6.45, 7) is -0.646. The number of carboxylic acids is 1. The van der Waals surface area contributed by atoms with Gasteiger partial charge in [0.2, 0.25) is 5.91 Å². The lowest BCUT2D eigenvalue weighted by Crippen LogP contribution is -2.41. The van der Waals surface area contributed by atoms with Gasteiger partial charge in [0.15, 0.2) is 0 Å². The number of aliphatic carboxylic acids is 1. The number of nitrogens with one attached hydrogen (secondary N) is 1. The number of hydrogen-bond acceptors (Lipinski definition) is 7. The van der Waals surface area contributed by atoms with Crippen LogP contribution in [0.1, 0.15) is 11.1 Å². The molecule has 1 aliphatic rings. The Kier molecular flexibility index (Phi) is 5.42. The van der Waals surface area contributed by atoms with Crippen molar-refractivity contribution < 1.29 is 19.5 Å². The van der Waals surface area contributed by atoms with Crippen molar-refractivity contribution in [3.8, 4) is 0 Å². The maximum Gasteiger partial charge on any atom is 0.332 e. The van der Waals surface area contributed by atoms with E-state index in [2.05, 4.69) is 10.3 Å². The Morgan fingerprint density at radius 2 is 1.77 bits per heavy atom. The molecule has 2 amide bonds. The van der Waals surface area contributed by atoms with Crippen LogP contribution >= 0.6 is 11.8 Å². The second kappa shape index (κ2) is 8.19. The van der Waals surface area contributed by atoms with Gasteiger partial charge in [-0.3, -0.25) is 34.0 Å². The van der Waals surface area contributed by atoms with Gasteiger partial charge in [-0.05, 0) is 23.6 Å². The number of amides is 2. The standard InChI is InChI=1S/C20H16N4O6S/c25-16(26)10-24-18(28)13-5-6-21-8-14(13)23(20(24)30)9-12-3-1-11(2-4-12)7-15-17(27)22-19(29)31-15/h1-6,8,15H,7,9-10H2,(H,25,26)(H,22,27,29). The average molecular weight is 440 g/mol. The largest absolute Gasteiger partial charge is 0.480 e. The molecule has 2 N–H and O–H groups in total. The van der Waals surface area contributed by atoms with Crippen LogP contribution in [0.2, 0.25) is 0 Å². The molecule has 1 aromatic carbocycles. The number of pyridine rings is 1. The van der Waals surface area contributed by atoms with E-state index in [-0.39, 0.29) is 23.1 Å². The first kappa shape index (κ1) is 20.5. The minimum Gasteiger partial charge on any atom is -0.480 e. The van der Waals surface area contributed by atoms with Gasteiger partial charge in [0.1, 0.15) is 6.54 Å². The zero-order valence-electron chi connectivity index (χ0n) is 16.0. The third-order valence-corrected chi connectivity index (χ3v) is 5.85.